The highest BCUT2D eigenvalue weighted by molar-refractivity contribution is 5.79. The largest absolute Gasteiger partial charge is 0.497 e. The van der Waals surface area contributed by atoms with Gasteiger partial charge in [-0.15, -0.1) is 0 Å². The van der Waals surface area contributed by atoms with E-state index in [9.17, 15) is 36.2 Å². The Balaban J connectivity index is 1.91. The van der Waals surface area contributed by atoms with E-state index in [1.807, 2.05) is 0 Å². The quantitative estimate of drug-likeness (QED) is 0.372. The van der Waals surface area contributed by atoms with Crippen molar-refractivity contribution in [1.82, 2.24) is 9.55 Å². The lowest BCUT2D eigenvalue weighted by atomic mass is 9.92. The first-order valence-corrected chi connectivity index (χ1v) is 10.5. The molecule has 4 aromatic rings. The summed E-state index contributed by atoms with van der Waals surface area (Å²) in [5, 5.41) is 9.83. The number of fused-ring (bicyclic) bond motifs is 1. The van der Waals surface area contributed by atoms with Crippen molar-refractivity contribution in [3.8, 4) is 11.4 Å². The Kier molecular flexibility index (Phi) is 6.29. The van der Waals surface area contributed by atoms with Crippen molar-refractivity contribution in [1.29, 1.82) is 0 Å². The minimum absolute atomic E-state index is 0.0217. The fourth-order valence-corrected chi connectivity index (χ4v) is 3.84. The highest BCUT2D eigenvalue weighted by atomic mass is 19.4. The van der Waals surface area contributed by atoms with E-state index in [1.165, 1.54) is 19.2 Å². The maximum absolute atomic E-state index is 13.4. The minimum Gasteiger partial charge on any atom is -0.497 e. The lowest BCUT2D eigenvalue weighted by molar-refractivity contribution is -0.376. The first-order chi connectivity index (χ1) is 16.9. The van der Waals surface area contributed by atoms with E-state index < -0.39 is 29.1 Å². The van der Waals surface area contributed by atoms with E-state index in [0.29, 0.717) is 23.4 Å². The number of nitrogens with zero attached hydrogens (tertiary/aromatic N) is 2. The average Bonchev–Trinajstić information content (AvgIpc) is 2.83. The second-order valence-corrected chi connectivity index (χ2v) is 7.97. The fourth-order valence-electron chi connectivity index (χ4n) is 3.84. The Morgan fingerprint density at radius 3 is 2.06 bits per heavy atom. The predicted molar refractivity (Wildman–Crippen MR) is 119 cm³/mol. The number of hydrogen-bond acceptors (Lipinski definition) is 4. The first kappa shape index (κ1) is 25.2. The first-order valence-electron chi connectivity index (χ1n) is 10.5. The van der Waals surface area contributed by atoms with Crippen LogP contribution in [0.1, 0.15) is 17.0 Å². The summed E-state index contributed by atoms with van der Waals surface area (Å²) in [5.74, 6) is 0.641. The molecule has 36 heavy (non-hydrogen) atoms. The van der Waals surface area contributed by atoms with Gasteiger partial charge in [0.1, 0.15) is 11.6 Å². The van der Waals surface area contributed by atoms with E-state index in [0.717, 1.165) is 22.3 Å². The smallest absolute Gasteiger partial charge is 0.430 e. The number of halogens is 6. The molecule has 0 fully saturated rings. The molecule has 0 aliphatic carbocycles. The summed E-state index contributed by atoms with van der Waals surface area (Å²) in [4.78, 5) is 18.0. The highest BCUT2D eigenvalue weighted by Crippen LogP contribution is 2.50. The fraction of sp³-hybridized carbons (Fsp3) is 0.200. The summed E-state index contributed by atoms with van der Waals surface area (Å²) in [6.45, 7) is 0. The Bertz CT molecular complexity index is 1430. The summed E-state index contributed by atoms with van der Waals surface area (Å²) in [6.07, 6.45) is -11.9. The molecule has 4 rings (SSSR count). The third-order valence-electron chi connectivity index (χ3n) is 5.71. The molecule has 0 radical (unpaired) electrons. The molecule has 11 heteroatoms. The molecule has 3 aromatic carbocycles. The Morgan fingerprint density at radius 1 is 0.889 bits per heavy atom. The summed E-state index contributed by atoms with van der Waals surface area (Å²) in [6, 6.07) is 16.2. The van der Waals surface area contributed by atoms with Crippen LogP contribution in [0.4, 0.5) is 26.3 Å². The molecule has 0 amide bonds. The Hall–Kier alpha value is -3.86. The van der Waals surface area contributed by atoms with Crippen LogP contribution in [0, 0.1) is 0 Å². The molecule has 0 bridgehead atoms. The van der Waals surface area contributed by atoms with Gasteiger partial charge in [0.25, 0.3) is 11.2 Å². The maximum atomic E-state index is 13.4. The van der Waals surface area contributed by atoms with Gasteiger partial charge in [0.2, 0.25) is 0 Å². The van der Waals surface area contributed by atoms with Gasteiger partial charge in [0, 0.05) is 18.1 Å². The van der Waals surface area contributed by atoms with Crippen LogP contribution in [0.3, 0.4) is 0 Å². The van der Waals surface area contributed by atoms with Crippen LogP contribution in [-0.4, -0.2) is 34.1 Å². The molecule has 1 N–H and O–H groups in total. The summed E-state index contributed by atoms with van der Waals surface area (Å²) in [7, 11) is 1.44. The van der Waals surface area contributed by atoms with Gasteiger partial charge in [0.05, 0.1) is 23.7 Å². The van der Waals surface area contributed by atoms with Gasteiger partial charge in [-0.3, -0.25) is 9.36 Å². The number of aromatic nitrogens is 2. The summed E-state index contributed by atoms with van der Waals surface area (Å²) < 4.78 is 85.9. The molecule has 5 nitrogen and oxygen atoms in total. The third kappa shape index (κ3) is 4.30. The average molecular weight is 508 g/mol. The molecular weight excluding hydrogens is 490 g/mol. The lowest BCUT2D eigenvalue weighted by Gasteiger charge is -2.32. The lowest BCUT2D eigenvalue weighted by Crippen LogP contribution is -2.53. The Morgan fingerprint density at radius 2 is 1.50 bits per heavy atom. The number of hydrogen-bond donors (Lipinski definition) is 1. The molecule has 0 atom stereocenters. The van der Waals surface area contributed by atoms with Gasteiger partial charge >= 0.3 is 12.4 Å². The van der Waals surface area contributed by atoms with Gasteiger partial charge in [-0.1, -0.05) is 42.5 Å². The van der Waals surface area contributed by atoms with Crippen LogP contribution in [0.5, 0.6) is 5.75 Å². The highest BCUT2D eigenvalue weighted by Gasteiger charge is 2.71. The van der Waals surface area contributed by atoms with Crippen LogP contribution in [-0.2, 0) is 12.0 Å². The van der Waals surface area contributed by atoms with Gasteiger partial charge < -0.3 is 9.84 Å². The van der Waals surface area contributed by atoms with Crippen LogP contribution in [0.15, 0.2) is 77.6 Å². The molecule has 0 aliphatic heterocycles. The van der Waals surface area contributed by atoms with Gasteiger partial charge in [0.15, 0.2) is 0 Å². The van der Waals surface area contributed by atoms with Crippen molar-refractivity contribution in [2.75, 3.05) is 7.11 Å². The van der Waals surface area contributed by atoms with E-state index in [2.05, 4.69) is 4.98 Å². The van der Waals surface area contributed by atoms with Crippen molar-refractivity contribution in [2.45, 2.75) is 24.4 Å². The minimum atomic E-state index is -6.02. The van der Waals surface area contributed by atoms with Crippen LogP contribution < -0.4 is 10.3 Å². The molecule has 0 saturated carbocycles. The number of aliphatic hydroxyl groups is 1. The third-order valence-corrected chi connectivity index (χ3v) is 5.71. The second-order valence-electron chi connectivity index (χ2n) is 7.97. The van der Waals surface area contributed by atoms with E-state index in [-0.39, 0.29) is 23.3 Å². The Labute approximate surface area is 200 Å². The summed E-state index contributed by atoms with van der Waals surface area (Å²) in [5.41, 5.74) is -6.03. The van der Waals surface area contributed by atoms with Crippen molar-refractivity contribution in [3.05, 3.63) is 100 Å². The van der Waals surface area contributed by atoms with E-state index in [4.69, 9.17) is 4.74 Å². The zero-order valence-corrected chi connectivity index (χ0v) is 18.6. The number of methoxy groups -OCH3 is 1. The molecular formula is C25H18F6N2O3. The summed E-state index contributed by atoms with van der Waals surface area (Å²) >= 11 is 0. The predicted octanol–water partition coefficient (Wildman–Crippen LogP) is 5.30. The molecule has 0 spiro atoms. The maximum Gasteiger partial charge on any atom is 0.430 e. The van der Waals surface area contributed by atoms with Crippen LogP contribution in [0.2, 0.25) is 0 Å². The molecule has 1 heterocycles. The van der Waals surface area contributed by atoms with Crippen LogP contribution in [0.25, 0.3) is 16.6 Å². The molecule has 188 valence electrons. The number of rotatable bonds is 5. The SMILES string of the molecule is COc1ccc2c(=O)n(-c3ccc(C(O)(C(F)(F)F)C(F)(F)F)cc3)c(Cc3ccccc3)nc2c1. The standard InChI is InChI=1S/C25H18F6N2O3/c1-36-18-11-12-19-20(14-18)32-21(13-15-5-3-2-4-6-15)33(22(19)34)17-9-7-16(8-10-17)23(35,24(26,27)28)25(29,30)31/h2-12,14,35H,13H2,1H3. The van der Waals surface area contributed by atoms with Crippen molar-refractivity contribution in [2.24, 2.45) is 0 Å². The zero-order valence-electron chi connectivity index (χ0n) is 18.6. The molecule has 0 aliphatic rings. The van der Waals surface area contributed by atoms with Crippen molar-refractivity contribution in [3.63, 3.8) is 0 Å². The van der Waals surface area contributed by atoms with Gasteiger partial charge in [-0.05, 0) is 29.8 Å². The van der Waals surface area contributed by atoms with Gasteiger partial charge in [-0.2, -0.15) is 26.3 Å². The zero-order chi connectivity index (χ0) is 26.3. The number of benzene rings is 3. The molecule has 0 saturated heterocycles. The van der Waals surface area contributed by atoms with Gasteiger partial charge in [-0.25, -0.2) is 4.98 Å². The normalized spacial score (nSPS) is 12.7. The van der Waals surface area contributed by atoms with Crippen molar-refractivity contribution >= 4 is 10.9 Å². The number of alkyl halides is 6. The molecule has 1 aromatic heterocycles. The van der Waals surface area contributed by atoms with Crippen molar-refractivity contribution < 1.29 is 36.2 Å². The monoisotopic (exact) mass is 508 g/mol. The van der Waals surface area contributed by atoms with E-state index in [1.54, 1.807) is 36.4 Å². The second kappa shape index (κ2) is 8.98. The molecule has 0 unspecified atom stereocenters. The van der Waals surface area contributed by atoms with E-state index >= 15 is 0 Å². The number of ether oxygens (including phenoxy) is 1. The van der Waals surface area contributed by atoms with Crippen LogP contribution >= 0.6 is 0 Å². The topological polar surface area (TPSA) is 64.3 Å².